The molecule has 13 heavy (non-hydrogen) atoms. The minimum Gasteiger partial charge on any atom is -0.323 e. The molecule has 0 radical (unpaired) electrons. The van der Waals surface area contributed by atoms with Crippen molar-refractivity contribution >= 4 is 37.8 Å². The number of rotatable bonds is 6. The minimum absolute atomic E-state index is 0.734. The largest absolute Gasteiger partial charge is 0.323 e. The van der Waals surface area contributed by atoms with Crippen molar-refractivity contribution in [1.29, 1.82) is 0 Å². The second-order valence-corrected chi connectivity index (χ2v) is 14.1. The third-order valence-corrected chi connectivity index (χ3v) is 8.74. The lowest BCUT2D eigenvalue weighted by Gasteiger charge is -2.07. The van der Waals surface area contributed by atoms with Gasteiger partial charge in [0.25, 0.3) is 0 Å². The number of hydrogen-bond acceptors (Lipinski definition) is 4. The smallest absolute Gasteiger partial charge is 0.0913 e. The predicted molar refractivity (Wildman–Crippen MR) is 68.7 cm³/mol. The maximum Gasteiger partial charge on any atom is 0.0913 e. The van der Waals surface area contributed by atoms with Crippen LogP contribution in [0.2, 0.25) is 0 Å². The summed E-state index contributed by atoms with van der Waals surface area (Å²) in [6.45, 7) is 7.20. The molecule has 0 aromatic carbocycles. The van der Waals surface area contributed by atoms with Gasteiger partial charge in [0, 0.05) is 16.1 Å². The Morgan fingerprint density at radius 1 is 0.846 bits per heavy atom. The molecule has 0 heterocycles. The lowest BCUT2D eigenvalue weighted by Crippen LogP contribution is -1.84. The normalized spacial score (nSPS) is 13.2. The molecule has 0 aliphatic carbocycles. The zero-order chi connectivity index (χ0) is 10.5. The van der Waals surface area contributed by atoms with E-state index in [9.17, 15) is 9.13 Å². The average Bonchev–Trinajstić information content (AvgIpc) is 1.81. The molecule has 0 rings (SSSR count). The van der Waals surface area contributed by atoms with Gasteiger partial charge in [-0.15, -0.1) is 23.5 Å². The monoisotopic (exact) mass is 260 g/mol. The fraction of sp³-hybridized carbons (Fsp3) is 1.00. The summed E-state index contributed by atoms with van der Waals surface area (Å²) in [4.78, 5) is 0. The van der Waals surface area contributed by atoms with Crippen LogP contribution < -0.4 is 0 Å². The fourth-order valence-corrected chi connectivity index (χ4v) is 6.50. The predicted octanol–water partition coefficient (Wildman–Crippen LogP) is 3.57. The van der Waals surface area contributed by atoms with Gasteiger partial charge in [-0.25, -0.2) is 0 Å². The van der Waals surface area contributed by atoms with Gasteiger partial charge in [0.05, 0.1) is 14.3 Å². The Morgan fingerprint density at radius 3 is 1.38 bits per heavy atom. The van der Waals surface area contributed by atoms with Crippen molar-refractivity contribution in [2.45, 2.75) is 0 Å². The van der Waals surface area contributed by atoms with Crippen LogP contribution >= 0.6 is 37.8 Å². The van der Waals surface area contributed by atoms with Crippen LogP contribution in [0.25, 0.3) is 0 Å². The van der Waals surface area contributed by atoms with Crippen LogP contribution in [0.3, 0.4) is 0 Å². The Hall–Kier alpha value is 1.16. The van der Waals surface area contributed by atoms with Crippen molar-refractivity contribution in [3.05, 3.63) is 0 Å². The first-order valence-corrected chi connectivity index (χ1v) is 11.8. The quantitative estimate of drug-likeness (QED) is 0.415. The van der Waals surface area contributed by atoms with E-state index in [1.54, 1.807) is 50.2 Å². The summed E-state index contributed by atoms with van der Waals surface area (Å²) in [5.74, 6) is 0. The highest BCUT2D eigenvalue weighted by Crippen LogP contribution is 2.43. The van der Waals surface area contributed by atoms with E-state index in [0.717, 1.165) is 16.1 Å². The van der Waals surface area contributed by atoms with E-state index >= 15 is 0 Å². The Bertz CT molecular complexity index is 207. The maximum absolute atomic E-state index is 11.3. The van der Waals surface area contributed by atoms with Gasteiger partial charge in [0.1, 0.15) is 0 Å². The molecule has 0 atom stereocenters. The molecule has 2 nitrogen and oxygen atoms in total. The molecular weight excluding hydrogens is 242 g/mol. The number of thioether (sulfide) groups is 2. The molecular formula is C7H18O2P2S2. The van der Waals surface area contributed by atoms with E-state index < -0.39 is 14.3 Å². The summed E-state index contributed by atoms with van der Waals surface area (Å²) in [5, 5.41) is 0.900. The van der Waals surface area contributed by atoms with E-state index in [0.29, 0.717) is 0 Å². The zero-order valence-corrected chi connectivity index (χ0v) is 12.1. The SMILES string of the molecule is CP(C)(=O)CSCSCP(C)(C)=O. The van der Waals surface area contributed by atoms with E-state index in [4.69, 9.17) is 0 Å². The molecule has 0 aliphatic heterocycles. The van der Waals surface area contributed by atoms with Crippen molar-refractivity contribution in [3.8, 4) is 0 Å². The van der Waals surface area contributed by atoms with E-state index in [1.165, 1.54) is 0 Å². The second kappa shape index (κ2) is 5.90. The fourth-order valence-electron chi connectivity index (χ4n) is 0.573. The van der Waals surface area contributed by atoms with Gasteiger partial charge in [-0.05, 0) is 26.7 Å². The second-order valence-electron chi connectivity index (χ2n) is 3.93. The first-order valence-electron chi connectivity index (χ1n) is 3.94. The standard InChI is InChI=1S/C7H18O2P2S2/c1-10(2,8)5-12-7-13-6-11(3,4)9/h5-7H2,1-4H3. The van der Waals surface area contributed by atoms with Crippen LogP contribution in [0.15, 0.2) is 0 Å². The van der Waals surface area contributed by atoms with Crippen molar-refractivity contribution in [2.75, 3.05) is 42.7 Å². The maximum atomic E-state index is 11.3. The highest BCUT2D eigenvalue weighted by molar-refractivity contribution is 8.20. The van der Waals surface area contributed by atoms with Crippen LogP contribution in [0.4, 0.5) is 0 Å². The molecule has 0 saturated heterocycles. The van der Waals surface area contributed by atoms with Crippen molar-refractivity contribution in [1.82, 2.24) is 0 Å². The minimum atomic E-state index is -1.87. The van der Waals surface area contributed by atoms with Gasteiger partial charge < -0.3 is 9.13 Å². The van der Waals surface area contributed by atoms with Crippen LogP contribution in [-0.4, -0.2) is 42.7 Å². The summed E-state index contributed by atoms with van der Waals surface area (Å²) < 4.78 is 22.6. The molecule has 0 aliphatic rings. The van der Waals surface area contributed by atoms with Gasteiger partial charge in [0.15, 0.2) is 0 Å². The van der Waals surface area contributed by atoms with Crippen LogP contribution in [0.1, 0.15) is 0 Å². The molecule has 6 heteroatoms. The highest BCUT2D eigenvalue weighted by Gasteiger charge is 2.09. The summed E-state index contributed by atoms with van der Waals surface area (Å²) >= 11 is 3.36. The third-order valence-electron chi connectivity index (χ3n) is 0.971. The van der Waals surface area contributed by atoms with Crippen LogP contribution in [0, 0.1) is 0 Å². The Labute approximate surface area is 89.8 Å². The van der Waals surface area contributed by atoms with E-state index in [1.807, 2.05) is 0 Å². The molecule has 0 fully saturated rings. The lowest BCUT2D eigenvalue weighted by atomic mass is 11.8. The number of hydrogen-bond donors (Lipinski definition) is 0. The first-order chi connectivity index (χ1) is 5.71. The summed E-state index contributed by atoms with van der Waals surface area (Å²) in [6.07, 6.45) is 0. The molecule has 0 saturated carbocycles. The highest BCUT2D eigenvalue weighted by atomic mass is 32.2. The first kappa shape index (κ1) is 14.2. The van der Waals surface area contributed by atoms with Gasteiger partial charge in [0.2, 0.25) is 0 Å². The van der Waals surface area contributed by atoms with Gasteiger partial charge in [-0.1, -0.05) is 0 Å². The summed E-state index contributed by atoms with van der Waals surface area (Å²) in [5.41, 5.74) is 1.47. The van der Waals surface area contributed by atoms with Crippen molar-refractivity contribution in [3.63, 3.8) is 0 Å². The van der Waals surface area contributed by atoms with Crippen molar-refractivity contribution < 1.29 is 9.13 Å². The Kier molecular flexibility index (Phi) is 6.43. The zero-order valence-electron chi connectivity index (χ0n) is 8.65. The lowest BCUT2D eigenvalue weighted by molar-refractivity contribution is 0.584. The topological polar surface area (TPSA) is 34.1 Å². The average molecular weight is 260 g/mol. The third kappa shape index (κ3) is 13.2. The van der Waals surface area contributed by atoms with E-state index in [-0.39, 0.29) is 0 Å². The van der Waals surface area contributed by atoms with Crippen molar-refractivity contribution in [2.24, 2.45) is 0 Å². The molecule has 0 aromatic rings. The van der Waals surface area contributed by atoms with E-state index in [2.05, 4.69) is 0 Å². The molecule has 0 unspecified atom stereocenters. The molecule has 0 amide bonds. The molecule has 0 bridgehead atoms. The van der Waals surface area contributed by atoms with Gasteiger partial charge in [-0.3, -0.25) is 0 Å². The Morgan fingerprint density at radius 2 is 1.15 bits per heavy atom. The molecule has 0 N–H and O–H groups in total. The van der Waals surface area contributed by atoms with Gasteiger partial charge in [-0.2, -0.15) is 0 Å². The Balaban J connectivity index is 3.39. The summed E-state index contributed by atoms with van der Waals surface area (Å²) in [7, 11) is -3.73. The summed E-state index contributed by atoms with van der Waals surface area (Å²) in [6, 6.07) is 0. The molecule has 80 valence electrons. The van der Waals surface area contributed by atoms with Crippen LogP contribution in [0.5, 0.6) is 0 Å². The molecule has 0 aromatic heterocycles. The molecule has 0 spiro atoms. The van der Waals surface area contributed by atoms with Crippen LogP contribution in [-0.2, 0) is 9.13 Å². The van der Waals surface area contributed by atoms with Gasteiger partial charge >= 0.3 is 0 Å².